The molecule has 1 unspecified atom stereocenters. The largest absolute Gasteiger partial charge is 0.338 e. The van der Waals surface area contributed by atoms with Gasteiger partial charge in [-0.3, -0.25) is 25.2 Å². The van der Waals surface area contributed by atoms with Gasteiger partial charge in [-0.1, -0.05) is 60.1 Å². The molecule has 158 valence electrons. The second-order valence-electron chi connectivity index (χ2n) is 7.54. The Kier molecular flexibility index (Phi) is 6.18. The van der Waals surface area contributed by atoms with Crippen molar-refractivity contribution in [2.75, 3.05) is 13.1 Å². The molecule has 1 atom stereocenters. The second-order valence-corrected chi connectivity index (χ2v) is 7.95. The fourth-order valence-corrected chi connectivity index (χ4v) is 4.11. The van der Waals surface area contributed by atoms with Gasteiger partial charge in [0.25, 0.3) is 11.8 Å². The molecule has 3 amide bonds. The summed E-state index contributed by atoms with van der Waals surface area (Å²) in [6.45, 7) is 0.896. The normalized spacial score (nSPS) is 16.0. The Labute approximate surface area is 185 Å². The number of nitrogens with one attached hydrogen (secondary N) is 2. The quantitative estimate of drug-likeness (QED) is 0.614. The Bertz CT molecular complexity index is 1140. The van der Waals surface area contributed by atoms with Crippen LogP contribution in [0.15, 0.2) is 66.7 Å². The predicted octanol–water partition coefficient (Wildman–Crippen LogP) is 3.81. The topological polar surface area (TPSA) is 78.5 Å². The van der Waals surface area contributed by atoms with Crippen molar-refractivity contribution in [1.29, 1.82) is 0 Å². The molecule has 1 fully saturated rings. The van der Waals surface area contributed by atoms with Crippen molar-refractivity contribution in [2.24, 2.45) is 5.92 Å². The Morgan fingerprint density at radius 1 is 0.871 bits per heavy atom. The molecule has 2 N–H and O–H groups in total. The van der Waals surface area contributed by atoms with Gasteiger partial charge >= 0.3 is 0 Å². The molecule has 0 spiro atoms. The number of fused-ring (bicyclic) bond motifs is 1. The number of piperidine rings is 1. The van der Waals surface area contributed by atoms with Crippen LogP contribution >= 0.6 is 11.6 Å². The highest BCUT2D eigenvalue weighted by Gasteiger charge is 2.29. The number of benzene rings is 3. The van der Waals surface area contributed by atoms with Crippen molar-refractivity contribution < 1.29 is 14.4 Å². The lowest BCUT2D eigenvalue weighted by atomic mass is 9.96. The van der Waals surface area contributed by atoms with E-state index in [0.29, 0.717) is 36.5 Å². The van der Waals surface area contributed by atoms with Crippen LogP contribution in [0, 0.1) is 5.92 Å². The number of carbonyl (C=O) groups excluding carboxylic acids is 3. The highest BCUT2D eigenvalue weighted by Crippen LogP contribution is 2.23. The predicted molar refractivity (Wildman–Crippen MR) is 120 cm³/mol. The van der Waals surface area contributed by atoms with Gasteiger partial charge in [0.1, 0.15) is 0 Å². The zero-order valence-corrected chi connectivity index (χ0v) is 17.6. The summed E-state index contributed by atoms with van der Waals surface area (Å²) in [6, 6.07) is 20.0. The van der Waals surface area contributed by atoms with Crippen LogP contribution < -0.4 is 10.9 Å². The molecule has 1 saturated heterocycles. The molecule has 0 aromatic heterocycles. The minimum Gasteiger partial charge on any atom is -0.338 e. The molecule has 1 heterocycles. The highest BCUT2D eigenvalue weighted by molar-refractivity contribution is 6.33. The van der Waals surface area contributed by atoms with E-state index in [9.17, 15) is 14.4 Å². The van der Waals surface area contributed by atoms with E-state index in [2.05, 4.69) is 10.9 Å². The first-order valence-electron chi connectivity index (χ1n) is 10.2. The molecular weight excluding hydrogens is 414 g/mol. The summed E-state index contributed by atoms with van der Waals surface area (Å²) in [7, 11) is 0. The number of likely N-dealkylation sites (tertiary alicyclic amines) is 1. The summed E-state index contributed by atoms with van der Waals surface area (Å²) in [5.74, 6) is -1.30. The van der Waals surface area contributed by atoms with Gasteiger partial charge in [0.05, 0.1) is 16.5 Å². The van der Waals surface area contributed by atoms with Gasteiger partial charge in [0.15, 0.2) is 0 Å². The van der Waals surface area contributed by atoms with Crippen LogP contribution in [0.4, 0.5) is 0 Å². The fraction of sp³-hybridized carbons (Fsp3) is 0.208. The van der Waals surface area contributed by atoms with Crippen LogP contribution in [0.1, 0.15) is 33.6 Å². The van der Waals surface area contributed by atoms with E-state index in [0.717, 1.165) is 10.8 Å². The number of hydrogen-bond donors (Lipinski definition) is 2. The van der Waals surface area contributed by atoms with Gasteiger partial charge in [-0.2, -0.15) is 0 Å². The van der Waals surface area contributed by atoms with Crippen LogP contribution in [-0.2, 0) is 4.79 Å². The van der Waals surface area contributed by atoms with Crippen molar-refractivity contribution in [1.82, 2.24) is 15.8 Å². The zero-order chi connectivity index (χ0) is 21.8. The third-order valence-electron chi connectivity index (χ3n) is 5.52. The van der Waals surface area contributed by atoms with Crippen LogP contribution in [0.3, 0.4) is 0 Å². The second kappa shape index (κ2) is 9.18. The van der Waals surface area contributed by atoms with E-state index in [1.165, 1.54) is 0 Å². The summed E-state index contributed by atoms with van der Waals surface area (Å²) in [5, 5.41) is 2.20. The molecule has 1 aliphatic rings. The van der Waals surface area contributed by atoms with Crippen LogP contribution in [0.25, 0.3) is 10.8 Å². The molecule has 0 radical (unpaired) electrons. The van der Waals surface area contributed by atoms with Crippen LogP contribution in [-0.4, -0.2) is 35.7 Å². The molecule has 6 nitrogen and oxygen atoms in total. The number of nitrogens with zero attached hydrogens (tertiary/aromatic N) is 1. The number of hydrazine groups is 1. The SMILES string of the molecule is O=C(NNC(=O)C1CCCN(C(=O)c2cccc3ccccc23)C1)c1ccccc1Cl. The molecule has 3 aromatic carbocycles. The van der Waals surface area contributed by atoms with Gasteiger partial charge in [-0.15, -0.1) is 0 Å². The van der Waals surface area contributed by atoms with Gasteiger partial charge in [-0.25, -0.2) is 0 Å². The summed E-state index contributed by atoms with van der Waals surface area (Å²) >= 11 is 6.02. The zero-order valence-electron chi connectivity index (χ0n) is 16.8. The van der Waals surface area contributed by atoms with E-state index in [1.54, 1.807) is 29.2 Å². The first kappa shape index (κ1) is 20.9. The molecule has 0 saturated carbocycles. The number of carbonyl (C=O) groups is 3. The molecule has 31 heavy (non-hydrogen) atoms. The van der Waals surface area contributed by atoms with Gasteiger partial charge in [0.2, 0.25) is 5.91 Å². The highest BCUT2D eigenvalue weighted by atomic mass is 35.5. The van der Waals surface area contributed by atoms with E-state index >= 15 is 0 Å². The number of amides is 3. The molecule has 4 rings (SSSR count). The van der Waals surface area contributed by atoms with Gasteiger partial charge in [-0.05, 0) is 41.8 Å². The minimum atomic E-state index is -0.488. The summed E-state index contributed by atoms with van der Waals surface area (Å²) in [6.07, 6.45) is 1.36. The lowest BCUT2D eigenvalue weighted by Crippen LogP contribution is -2.50. The average molecular weight is 436 g/mol. The lowest BCUT2D eigenvalue weighted by Gasteiger charge is -2.32. The fourth-order valence-electron chi connectivity index (χ4n) is 3.89. The monoisotopic (exact) mass is 435 g/mol. The van der Waals surface area contributed by atoms with Crippen LogP contribution in [0.2, 0.25) is 5.02 Å². The van der Waals surface area contributed by atoms with Crippen molar-refractivity contribution >= 4 is 40.1 Å². The molecule has 0 aliphatic carbocycles. The third-order valence-corrected chi connectivity index (χ3v) is 5.85. The average Bonchev–Trinajstić information content (AvgIpc) is 2.82. The Morgan fingerprint density at radius 3 is 2.42 bits per heavy atom. The lowest BCUT2D eigenvalue weighted by molar-refractivity contribution is -0.127. The Hall–Kier alpha value is -3.38. The molecule has 0 bridgehead atoms. The molecule has 7 heteroatoms. The van der Waals surface area contributed by atoms with E-state index in [4.69, 9.17) is 11.6 Å². The number of hydrogen-bond acceptors (Lipinski definition) is 3. The van der Waals surface area contributed by atoms with E-state index in [-0.39, 0.29) is 17.4 Å². The first-order chi connectivity index (χ1) is 15.0. The maximum absolute atomic E-state index is 13.2. The maximum Gasteiger partial charge on any atom is 0.271 e. The van der Waals surface area contributed by atoms with E-state index < -0.39 is 11.8 Å². The molecule has 3 aromatic rings. The Morgan fingerprint density at radius 2 is 1.58 bits per heavy atom. The summed E-state index contributed by atoms with van der Waals surface area (Å²) < 4.78 is 0. The smallest absolute Gasteiger partial charge is 0.271 e. The minimum absolute atomic E-state index is 0.0885. The van der Waals surface area contributed by atoms with Crippen molar-refractivity contribution in [3.05, 3.63) is 82.9 Å². The number of halogens is 1. The summed E-state index contributed by atoms with van der Waals surface area (Å²) in [5.41, 5.74) is 5.79. The van der Waals surface area contributed by atoms with E-state index in [1.807, 2.05) is 42.5 Å². The van der Waals surface area contributed by atoms with Gasteiger partial charge in [0, 0.05) is 18.7 Å². The standard InChI is InChI=1S/C24H22ClN3O3/c25-21-13-4-3-11-20(21)23(30)27-26-22(29)17-9-6-14-28(15-17)24(31)19-12-5-8-16-7-1-2-10-18(16)19/h1-5,7-8,10-13,17H,6,9,14-15H2,(H,26,29)(H,27,30). The molecule has 1 aliphatic heterocycles. The van der Waals surface area contributed by atoms with Crippen LogP contribution in [0.5, 0.6) is 0 Å². The molecular formula is C24H22ClN3O3. The maximum atomic E-state index is 13.2. The summed E-state index contributed by atoms with van der Waals surface area (Å²) in [4.78, 5) is 39.8. The third kappa shape index (κ3) is 4.54. The van der Waals surface area contributed by atoms with Gasteiger partial charge < -0.3 is 4.90 Å². The number of rotatable bonds is 3. The van der Waals surface area contributed by atoms with Crippen molar-refractivity contribution in [3.8, 4) is 0 Å². The Balaban J connectivity index is 1.41. The first-order valence-corrected chi connectivity index (χ1v) is 10.5. The van der Waals surface area contributed by atoms with Crippen molar-refractivity contribution in [3.63, 3.8) is 0 Å². The van der Waals surface area contributed by atoms with Crippen molar-refractivity contribution in [2.45, 2.75) is 12.8 Å².